The maximum absolute atomic E-state index is 12.1. The van der Waals surface area contributed by atoms with Gasteiger partial charge in [0.25, 0.3) is 5.56 Å². The molecule has 0 saturated heterocycles. The summed E-state index contributed by atoms with van der Waals surface area (Å²) in [6.45, 7) is 1.42. The molecule has 0 saturated carbocycles. The van der Waals surface area contributed by atoms with Crippen LogP contribution in [0.15, 0.2) is 46.3 Å². The Balaban J connectivity index is 2.00. The molecule has 1 heterocycles. The van der Waals surface area contributed by atoms with Crippen LogP contribution in [0.25, 0.3) is 0 Å². The van der Waals surface area contributed by atoms with E-state index in [2.05, 4.69) is 15.3 Å². The lowest BCUT2D eigenvalue weighted by atomic mass is 10.0. The second kappa shape index (κ2) is 8.30. The second-order valence-corrected chi connectivity index (χ2v) is 5.87. The average Bonchev–Trinajstić information content (AvgIpc) is 2.57. The van der Waals surface area contributed by atoms with E-state index in [4.69, 9.17) is 4.74 Å². The number of methoxy groups -OCH3 is 1. The molecule has 0 aliphatic carbocycles. The van der Waals surface area contributed by atoms with Crippen LogP contribution in [0, 0.1) is 0 Å². The van der Waals surface area contributed by atoms with Crippen LogP contribution >= 0.6 is 11.8 Å². The fraction of sp³-hybridized carbons (Fsp3) is 0.250. The minimum Gasteiger partial charge on any atom is -0.481 e. The number of aromatic nitrogens is 2. The zero-order chi connectivity index (χ0) is 17.5. The van der Waals surface area contributed by atoms with E-state index in [1.165, 1.54) is 20.1 Å². The summed E-state index contributed by atoms with van der Waals surface area (Å²) >= 11 is 1.05. The Bertz CT molecular complexity index is 776. The summed E-state index contributed by atoms with van der Waals surface area (Å²) in [7, 11) is 1.40. The second-order valence-electron chi connectivity index (χ2n) is 4.90. The molecule has 0 radical (unpaired) electrons. The first-order valence-electron chi connectivity index (χ1n) is 7.12. The third-order valence-electron chi connectivity index (χ3n) is 3.09. The Morgan fingerprint density at radius 2 is 2.04 bits per heavy atom. The van der Waals surface area contributed by atoms with Crippen LogP contribution in [0.3, 0.4) is 0 Å². The number of ether oxygens (including phenoxy) is 1. The quantitative estimate of drug-likeness (QED) is 0.579. The number of hydrogen-bond donors (Lipinski definition) is 2. The van der Waals surface area contributed by atoms with E-state index in [0.717, 1.165) is 17.3 Å². The molecule has 24 heavy (non-hydrogen) atoms. The van der Waals surface area contributed by atoms with Crippen LogP contribution in [-0.2, 0) is 9.59 Å². The molecule has 2 aromatic rings. The van der Waals surface area contributed by atoms with Crippen molar-refractivity contribution in [2.75, 3.05) is 12.9 Å². The summed E-state index contributed by atoms with van der Waals surface area (Å²) in [5.41, 5.74) is 0.354. The lowest BCUT2D eigenvalue weighted by Gasteiger charge is -2.16. The third kappa shape index (κ3) is 4.95. The van der Waals surface area contributed by atoms with Gasteiger partial charge in [-0.25, -0.2) is 0 Å². The van der Waals surface area contributed by atoms with Crippen molar-refractivity contribution in [3.63, 3.8) is 0 Å². The Morgan fingerprint density at radius 1 is 1.33 bits per heavy atom. The first-order valence-corrected chi connectivity index (χ1v) is 8.11. The minimum absolute atomic E-state index is 0.00667. The van der Waals surface area contributed by atoms with Crippen LogP contribution < -0.4 is 15.6 Å². The van der Waals surface area contributed by atoms with Gasteiger partial charge in [-0.1, -0.05) is 42.1 Å². The molecular weight excluding hydrogens is 330 g/mol. The number of ketones is 1. The van der Waals surface area contributed by atoms with Crippen molar-refractivity contribution in [2.24, 2.45) is 0 Å². The molecule has 0 aliphatic rings. The van der Waals surface area contributed by atoms with Gasteiger partial charge in [0.05, 0.1) is 18.9 Å². The SMILES string of the molecule is COc1cc(=O)[nH]c(SCC(=O)N[C@H](C(C)=O)c2ccccc2)n1. The van der Waals surface area contributed by atoms with E-state index < -0.39 is 6.04 Å². The fourth-order valence-corrected chi connectivity index (χ4v) is 2.67. The maximum Gasteiger partial charge on any atom is 0.255 e. The molecule has 2 rings (SSSR count). The number of thioether (sulfide) groups is 1. The number of rotatable bonds is 7. The van der Waals surface area contributed by atoms with E-state index in [9.17, 15) is 14.4 Å². The van der Waals surface area contributed by atoms with Gasteiger partial charge in [0.1, 0.15) is 6.04 Å². The minimum atomic E-state index is -0.698. The van der Waals surface area contributed by atoms with Crippen molar-refractivity contribution in [3.8, 4) is 5.88 Å². The van der Waals surface area contributed by atoms with E-state index in [1.54, 1.807) is 24.3 Å². The summed E-state index contributed by atoms with van der Waals surface area (Å²) < 4.78 is 4.91. The number of nitrogens with zero attached hydrogens (tertiary/aromatic N) is 1. The molecule has 0 bridgehead atoms. The standard InChI is InChI=1S/C16H17N3O4S/c1-10(20)15(11-6-4-3-5-7-11)17-13(22)9-24-16-18-12(21)8-14(19-16)23-2/h3-8,15H,9H2,1-2H3,(H,17,22)(H,18,19,21)/t15-/m1/s1. The first kappa shape index (κ1) is 17.7. The highest BCUT2D eigenvalue weighted by Gasteiger charge is 2.19. The van der Waals surface area contributed by atoms with Gasteiger partial charge in [0.2, 0.25) is 11.8 Å². The normalized spacial score (nSPS) is 11.6. The van der Waals surface area contributed by atoms with E-state index in [0.29, 0.717) is 0 Å². The van der Waals surface area contributed by atoms with E-state index in [-0.39, 0.29) is 34.0 Å². The van der Waals surface area contributed by atoms with Crippen molar-refractivity contribution in [2.45, 2.75) is 18.1 Å². The molecule has 0 aliphatic heterocycles. The predicted octanol–water partition coefficient (Wildman–Crippen LogP) is 1.32. The molecule has 126 valence electrons. The third-order valence-corrected chi connectivity index (χ3v) is 3.96. The van der Waals surface area contributed by atoms with Gasteiger partial charge < -0.3 is 15.0 Å². The smallest absolute Gasteiger partial charge is 0.255 e. The van der Waals surface area contributed by atoms with Crippen LogP contribution in [0.5, 0.6) is 5.88 Å². The lowest BCUT2D eigenvalue weighted by molar-refractivity contribution is -0.125. The van der Waals surface area contributed by atoms with Gasteiger partial charge >= 0.3 is 0 Å². The van der Waals surface area contributed by atoms with Crippen LogP contribution in [0.2, 0.25) is 0 Å². The number of nitrogens with one attached hydrogen (secondary N) is 2. The molecule has 7 nitrogen and oxygen atoms in total. The molecule has 1 aromatic heterocycles. The summed E-state index contributed by atoms with van der Waals surface area (Å²) in [5.74, 6) is -0.318. The molecule has 0 unspecified atom stereocenters. The molecule has 2 N–H and O–H groups in total. The number of H-pyrrole nitrogens is 1. The van der Waals surface area contributed by atoms with E-state index in [1.807, 2.05) is 6.07 Å². The Morgan fingerprint density at radius 3 is 2.67 bits per heavy atom. The zero-order valence-electron chi connectivity index (χ0n) is 13.2. The number of carbonyl (C=O) groups is 2. The van der Waals surface area contributed by atoms with Crippen molar-refractivity contribution in [1.29, 1.82) is 0 Å². The predicted molar refractivity (Wildman–Crippen MR) is 90.1 cm³/mol. The van der Waals surface area contributed by atoms with Crippen molar-refractivity contribution in [3.05, 3.63) is 52.3 Å². The number of aromatic amines is 1. The molecule has 1 atom stereocenters. The van der Waals surface area contributed by atoms with Crippen LogP contribution in [-0.4, -0.2) is 34.5 Å². The fourth-order valence-electron chi connectivity index (χ4n) is 1.99. The highest BCUT2D eigenvalue weighted by Crippen LogP contribution is 2.16. The van der Waals surface area contributed by atoms with Crippen molar-refractivity contribution >= 4 is 23.5 Å². The molecular formula is C16H17N3O4S. The van der Waals surface area contributed by atoms with Crippen molar-refractivity contribution in [1.82, 2.24) is 15.3 Å². The van der Waals surface area contributed by atoms with E-state index >= 15 is 0 Å². The summed E-state index contributed by atoms with van der Waals surface area (Å²) in [5, 5.41) is 2.96. The number of Topliss-reactive ketones (excluding diaryl/α,β-unsaturated/α-hetero) is 1. The number of amides is 1. The number of hydrogen-bond acceptors (Lipinski definition) is 6. The number of benzene rings is 1. The van der Waals surface area contributed by atoms with Gasteiger partial charge in [-0.2, -0.15) is 4.98 Å². The highest BCUT2D eigenvalue weighted by molar-refractivity contribution is 7.99. The van der Waals surface area contributed by atoms with Crippen molar-refractivity contribution < 1.29 is 14.3 Å². The Labute approximate surface area is 142 Å². The van der Waals surface area contributed by atoms with Crippen LogP contribution in [0.1, 0.15) is 18.5 Å². The molecule has 0 fully saturated rings. The molecule has 8 heteroatoms. The zero-order valence-corrected chi connectivity index (χ0v) is 14.1. The maximum atomic E-state index is 12.1. The van der Waals surface area contributed by atoms with Gasteiger partial charge in [0, 0.05) is 0 Å². The Hall–Kier alpha value is -2.61. The number of carbonyl (C=O) groups excluding carboxylic acids is 2. The van der Waals surface area contributed by atoms with Gasteiger partial charge in [-0.3, -0.25) is 14.4 Å². The summed E-state index contributed by atoms with van der Waals surface area (Å²) in [6, 6.07) is 9.51. The monoisotopic (exact) mass is 347 g/mol. The summed E-state index contributed by atoms with van der Waals surface area (Å²) in [6.07, 6.45) is 0. The Kier molecular flexibility index (Phi) is 6.14. The van der Waals surface area contributed by atoms with Gasteiger partial charge in [-0.15, -0.1) is 0 Å². The molecule has 1 aromatic carbocycles. The molecule has 0 spiro atoms. The molecule has 1 amide bonds. The average molecular weight is 347 g/mol. The highest BCUT2D eigenvalue weighted by atomic mass is 32.2. The lowest BCUT2D eigenvalue weighted by Crippen LogP contribution is -2.34. The largest absolute Gasteiger partial charge is 0.481 e. The topological polar surface area (TPSA) is 101 Å². The van der Waals surface area contributed by atoms with Gasteiger partial charge in [-0.05, 0) is 12.5 Å². The summed E-state index contributed by atoms with van der Waals surface area (Å²) in [4.78, 5) is 41.9. The van der Waals surface area contributed by atoms with Gasteiger partial charge in [0.15, 0.2) is 10.9 Å². The first-order chi connectivity index (χ1) is 11.5. The van der Waals surface area contributed by atoms with Crippen LogP contribution in [0.4, 0.5) is 0 Å².